The van der Waals surface area contributed by atoms with Gasteiger partial charge in [0.2, 0.25) is 0 Å². The first-order valence-electron chi connectivity index (χ1n) is 5.42. The van der Waals surface area contributed by atoms with E-state index in [1.807, 2.05) is 24.3 Å². The van der Waals surface area contributed by atoms with E-state index in [2.05, 4.69) is 42.2 Å². The van der Waals surface area contributed by atoms with Gasteiger partial charge in [0.25, 0.3) is 0 Å². The predicted molar refractivity (Wildman–Crippen MR) is 76.1 cm³/mol. The Hall–Kier alpha value is -0.720. The second kappa shape index (κ2) is 5.11. The second-order valence-electron chi connectivity index (χ2n) is 4.43. The number of aromatic nitrogens is 3. The number of halogens is 2. The molecule has 0 amide bonds. The molecule has 0 saturated carbocycles. The maximum Gasteiger partial charge on any atom is 0.154 e. The first-order chi connectivity index (χ1) is 8.40. The molecule has 0 aliphatic heterocycles. The minimum absolute atomic E-state index is 0.500. The molecule has 18 heavy (non-hydrogen) atoms. The highest BCUT2D eigenvalue weighted by atomic mass is 79.9. The molecule has 96 valence electrons. The molecular formula is C12H13Br2N3O. The third kappa shape index (κ3) is 2.81. The molecule has 1 atom stereocenters. The molecule has 6 heteroatoms. The quantitative estimate of drug-likeness (QED) is 0.898. The smallest absolute Gasteiger partial charge is 0.154 e. The van der Waals surface area contributed by atoms with Crippen LogP contribution in [0.2, 0.25) is 0 Å². The highest BCUT2D eigenvalue weighted by Gasteiger charge is 2.30. The Morgan fingerprint density at radius 2 is 1.89 bits per heavy atom. The molecule has 0 bridgehead atoms. The number of aliphatic hydroxyl groups is 1. The van der Waals surface area contributed by atoms with E-state index in [0.29, 0.717) is 16.7 Å². The van der Waals surface area contributed by atoms with E-state index in [1.54, 1.807) is 18.7 Å². The van der Waals surface area contributed by atoms with Gasteiger partial charge in [-0.2, -0.15) is 0 Å². The van der Waals surface area contributed by atoms with Crippen LogP contribution in [0.5, 0.6) is 0 Å². The molecule has 1 N–H and O–H groups in total. The Bertz CT molecular complexity index is 529. The normalized spacial score (nSPS) is 14.5. The molecule has 2 aromatic rings. The summed E-state index contributed by atoms with van der Waals surface area (Å²) in [5.74, 6) is 0. The van der Waals surface area contributed by atoms with Gasteiger partial charge in [-0.05, 0) is 40.5 Å². The van der Waals surface area contributed by atoms with E-state index < -0.39 is 5.60 Å². The van der Waals surface area contributed by atoms with Crippen molar-refractivity contribution in [1.82, 2.24) is 15.0 Å². The topological polar surface area (TPSA) is 50.9 Å². The van der Waals surface area contributed by atoms with Crippen LogP contribution >= 0.6 is 31.9 Å². The molecule has 0 spiro atoms. The Morgan fingerprint density at radius 3 is 2.39 bits per heavy atom. The van der Waals surface area contributed by atoms with Crippen molar-refractivity contribution in [2.24, 2.45) is 7.05 Å². The van der Waals surface area contributed by atoms with Crippen LogP contribution in [0.4, 0.5) is 0 Å². The van der Waals surface area contributed by atoms with E-state index in [0.717, 1.165) is 10.0 Å². The van der Waals surface area contributed by atoms with E-state index in [9.17, 15) is 5.11 Å². The zero-order chi connectivity index (χ0) is 13.3. The largest absolute Gasteiger partial charge is 0.383 e. The fourth-order valence-corrected chi connectivity index (χ4v) is 3.01. The lowest BCUT2D eigenvalue weighted by Crippen LogP contribution is -2.27. The molecule has 0 aliphatic rings. The van der Waals surface area contributed by atoms with Crippen molar-refractivity contribution >= 4 is 31.9 Å². The van der Waals surface area contributed by atoms with Crippen molar-refractivity contribution in [3.8, 4) is 0 Å². The summed E-state index contributed by atoms with van der Waals surface area (Å²) in [5.41, 5.74) is 0.701. The number of nitrogens with zero attached hydrogens (tertiary/aromatic N) is 3. The summed E-state index contributed by atoms with van der Waals surface area (Å²) in [4.78, 5) is 0. The summed E-state index contributed by atoms with van der Waals surface area (Å²) in [7, 11) is 1.77. The average molecular weight is 375 g/mol. The van der Waals surface area contributed by atoms with Gasteiger partial charge in [-0.15, -0.1) is 5.10 Å². The summed E-state index contributed by atoms with van der Waals surface area (Å²) in [5, 5.41) is 18.4. The van der Waals surface area contributed by atoms with Crippen molar-refractivity contribution in [2.75, 3.05) is 0 Å². The van der Waals surface area contributed by atoms with Crippen LogP contribution in [0, 0.1) is 0 Å². The maximum absolute atomic E-state index is 10.6. The standard InChI is InChI=1S/C12H13Br2N3O/c1-12(18,10-11(14)15-16-17(10)2)7-8-3-5-9(13)6-4-8/h3-6,18H,7H2,1-2H3. The Morgan fingerprint density at radius 1 is 1.28 bits per heavy atom. The molecule has 1 heterocycles. The average Bonchev–Trinajstić information content (AvgIpc) is 2.62. The lowest BCUT2D eigenvalue weighted by atomic mass is 9.93. The third-order valence-electron chi connectivity index (χ3n) is 2.76. The van der Waals surface area contributed by atoms with Crippen molar-refractivity contribution in [3.05, 3.63) is 44.6 Å². The molecule has 0 radical (unpaired) electrons. The van der Waals surface area contributed by atoms with Crippen LogP contribution in [0.15, 0.2) is 33.3 Å². The van der Waals surface area contributed by atoms with Crippen molar-refractivity contribution in [2.45, 2.75) is 18.9 Å². The van der Waals surface area contributed by atoms with Gasteiger partial charge in [0.05, 0.1) is 0 Å². The Labute approximate surface area is 122 Å². The van der Waals surface area contributed by atoms with Gasteiger partial charge in [0, 0.05) is 17.9 Å². The van der Waals surface area contributed by atoms with Gasteiger partial charge in [-0.3, -0.25) is 0 Å². The molecule has 2 rings (SSSR count). The minimum Gasteiger partial charge on any atom is -0.383 e. The van der Waals surface area contributed by atoms with Gasteiger partial charge >= 0.3 is 0 Å². The van der Waals surface area contributed by atoms with Crippen molar-refractivity contribution in [3.63, 3.8) is 0 Å². The SMILES string of the molecule is Cn1nnc(Br)c1C(C)(O)Cc1ccc(Br)cc1. The third-order valence-corrected chi connectivity index (χ3v) is 3.82. The summed E-state index contributed by atoms with van der Waals surface area (Å²) in [6, 6.07) is 7.89. The van der Waals surface area contributed by atoms with Crippen LogP contribution in [0.25, 0.3) is 0 Å². The van der Waals surface area contributed by atoms with E-state index in [1.165, 1.54) is 0 Å². The second-order valence-corrected chi connectivity index (χ2v) is 6.10. The number of aryl methyl sites for hydroxylation is 1. The number of benzene rings is 1. The molecule has 1 aromatic heterocycles. The first-order valence-corrected chi connectivity index (χ1v) is 7.01. The molecule has 1 aromatic carbocycles. The number of rotatable bonds is 3. The van der Waals surface area contributed by atoms with Crippen LogP contribution in [0.3, 0.4) is 0 Å². The number of hydrogen-bond acceptors (Lipinski definition) is 3. The Kier molecular flexibility index (Phi) is 3.89. The fourth-order valence-electron chi connectivity index (χ4n) is 1.99. The zero-order valence-electron chi connectivity index (χ0n) is 10.1. The zero-order valence-corrected chi connectivity index (χ0v) is 13.2. The molecular weight excluding hydrogens is 362 g/mol. The van der Waals surface area contributed by atoms with Crippen LogP contribution < -0.4 is 0 Å². The van der Waals surface area contributed by atoms with Gasteiger partial charge in [0.15, 0.2) is 4.60 Å². The molecule has 0 aliphatic carbocycles. The van der Waals surface area contributed by atoms with Gasteiger partial charge < -0.3 is 5.11 Å². The van der Waals surface area contributed by atoms with E-state index in [-0.39, 0.29) is 0 Å². The van der Waals surface area contributed by atoms with Crippen LogP contribution in [-0.4, -0.2) is 20.1 Å². The molecule has 0 saturated heterocycles. The van der Waals surface area contributed by atoms with Crippen molar-refractivity contribution < 1.29 is 5.11 Å². The first kappa shape index (κ1) is 13.7. The van der Waals surface area contributed by atoms with Gasteiger partial charge in [0.1, 0.15) is 11.3 Å². The molecule has 4 nitrogen and oxygen atoms in total. The summed E-state index contributed by atoms with van der Waals surface area (Å²) in [6.07, 6.45) is 0.500. The fraction of sp³-hybridized carbons (Fsp3) is 0.333. The van der Waals surface area contributed by atoms with Crippen molar-refractivity contribution in [1.29, 1.82) is 0 Å². The summed E-state index contributed by atoms with van der Waals surface area (Å²) >= 11 is 6.71. The summed E-state index contributed by atoms with van der Waals surface area (Å²) in [6.45, 7) is 1.76. The van der Waals surface area contributed by atoms with Crippen LogP contribution in [0.1, 0.15) is 18.2 Å². The highest BCUT2D eigenvalue weighted by molar-refractivity contribution is 9.10. The lowest BCUT2D eigenvalue weighted by Gasteiger charge is -2.23. The van der Waals surface area contributed by atoms with Gasteiger partial charge in [-0.25, -0.2) is 4.68 Å². The lowest BCUT2D eigenvalue weighted by molar-refractivity contribution is 0.0482. The predicted octanol–water partition coefficient (Wildman–Crippen LogP) is 2.79. The van der Waals surface area contributed by atoms with Crippen LogP contribution in [-0.2, 0) is 19.1 Å². The maximum atomic E-state index is 10.6. The Balaban J connectivity index is 2.29. The van der Waals surface area contributed by atoms with E-state index in [4.69, 9.17) is 0 Å². The highest BCUT2D eigenvalue weighted by Crippen LogP contribution is 2.29. The monoisotopic (exact) mass is 373 g/mol. The molecule has 1 unspecified atom stereocenters. The molecule has 0 fully saturated rings. The minimum atomic E-state index is -1.02. The van der Waals surface area contributed by atoms with Gasteiger partial charge in [-0.1, -0.05) is 33.3 Å². The number of hydrogen-bond donors (Lipinski definition) is 1. The summed E-state index contributed by atoms with van der Waals surface area (Å²) < 4.78 is 3.18. The van der Waals surface area contributed by atoms with E-state index >= 15 is 0 Å².